The second-order valence-electron chi connectivity index (χ2n) is 8.69. The predicted octanol–water partition coefficient (Wildman–Crippen LogP) is 5.60. The van der Waals surface area contributed by atoms with Crippen molar-refractivity contribution < 1.29 is 9.47 Å². The van der Waals surface area contributed by atoms with E-state index in [1.54, 1.807) is 14.2 Å². The Balaban J connectivity index is 1.24. The van der Waals surface area contributed by atoms with Crippen LogP contribution in [0.25, 0.3) is 22.0 Å². The molecule has 0 radical (unpaired) electrons. The maximum atomic E-state index is 5.50. The lowest BCUT2D eigenvalue weighted by Crippen LogP contribution is -2.36. The van der Waals surface area contributed by atoms with Gasteiger partial charge in [0, 0.05) is 31.4 Å². The average Bonchev–Trinajstić information content (AvgIpc) is 3.37. The van der Waals surface area contributed by atoms with Crippen LogP contribution in [-0.2, 0) is 6.42 Å². The minimum atomic E-state index is 0.414. The van der Waals surface area contributed by atoms with Gasteiger partial charge in [0.15, 0.2) is 11.5 Å². The molecule has 4 aromatic rings. The van der Waals surface area contributed by atoms with E-state index < -0.39 is 0 Å². The van der Waals surface area contributed by atoms with Gasteiger partial charge in [-0.05, 0) is 59.9 Å². The third kappa shape index (κ3) is 4.46. The van der Waals surface area contributed by atoms with E-state index in [2.05, 4.69) is 64.2 Å². The molecule has 1 aliphatic heterocycles. The Morgan fingerprint density at radius 1 is 0.879 bits per heavy atom. The molecule has 1 aromatic heterocycles. The fourth-order valence-corrected chi connectivity index (χ4v) is 5.01. The molecule has 0 bridgehead atoms. The molecule has 3 aromatic carbocycles. The molecule has 0 N–H and O–H groups in total. The van der Waals surface area contributed by atoms with Gasteiger partial charge in [-0.15, -0.1) is 0 Å². The fraction of sp³-hybridized carbons (Fsp3) is 0.321. The van der Waals surface area contributed by atoms with E-state index in [0.29, 0.717) is 6.04 Å². The first-order valence-corrected chi connectivity index (χ1v) is 11.7. The molecule has 0 unspecified atom stereocenters. The summed E-state index contributed by atoms with van der Waals surface area (Å²) in [6, 6.07) is 23.9. The van der Waals surface area contributed by atoms with Crippen LogP contribution in [-0.4, -0.2) is 48.5 Å². The summed E-state index contributed by atoms with van der Waals surface area (Å²) in [6.07, 6.45) is 5.21. The maximum absolute atomic E-state index is 5.50. The zero-order valence-electron chi connectivity index (χ0n) is 19.4. The molecular weight excluding hydrogens is 410 g/mol. The van der Waals surface area contributed by atoms with Crippen molar-refractivity contribution in [1.29, 1.82) is 0 Å². The van der Waals surface area contributed by atoms with Gasteiger partial charge >= 0.3 is 0 Å². The van der Waals surface area contributed by atoms with Gasteiger partial charge in [-0.25, -0.2) is 0 Å². The molecule has 33 heavy (non-hydrogen) atoms. The summed E-state index contributed by atoms with van der Waals surface area (Å²) in [5.74, 6) is 1.48. The lowest BCUT2D eigenvalue weighted by atomic mass is 10.0. The number of nitrogens with zero attached hydrogens (tertiary/aromatic N) is 3. The van der Waals surface area contributed by atoms with Crippen molar-refractivity contribution in [3.63, 3.8) is 0 Å². The topological polar surface area (TPSA) is 39.5 Å². The highest BCUT2D eigenvalue weighted by Crippen LogP contribution is 2.34. The first kappa shape index (κ1) is 21.5. The molecule has 5 rings (SSSR count). The van der Waals surface area contributed by atoms with Gasteiger partial charge in [-0.1, -0.05) is 42.5 Å². The van der Waals surface area contributed by atoms with Gasteiger partial charge in [0.05, 0.1) is 26.0 Å². The van der Waals surface area contributed by atoms with E-state index in [4.69, 9.17) is 14.6 Å². The van der Waals surface area contributed by atoms with Gasteiger partial charge in [-0.3, -0.25) is 4.68 Å². The second kappa shape index (κ2) is 9.67. The molecule has 1 aliphatic rings. The largest absolute Gasteiger partial charge is 0.493 e. The molecule has 1 saturated heterocycles. The summed E-state index contributed by atoms with van der Waals surface area (Å²) in [5, 5.41) is 7.40. The number of hydrogen-bond acceptors (Lipinski definition) is 4. The number of rotatable bonds is 7. The lowest BCUT2D eigenvalue weighted by molar-refractivity contribution is 0.182. The Morgan fingerprint density at radius 2 is 1.67 bits per heavy atom. The quantitative estimate of drug-likeness (QED) is 0.374. The molecule has 170 valence electrons. The monoisotopic (exact) mass is 441 g/mol. The zero-order chi connectivity index (χ0) is 22.6. The Kier molecular flexibility index (Phi) is 6.31. The molecule has 0 aliphatic carbocycles. The lowest BCUT2D eigenvalue weighted by Gasteiger charge is -2.33. The van der Waals surface area contributed by atoms with Gasteiger partial charge in [0.25, 0.3) is 0 Å². The van der Waals surface area contributed by atoms with Crippen LogP contribution >= 0.6 is 0 Å². The fourth-order valence-electron chi connectivity index (χ4n) is 5.01. The van der Waals surface area contributed by atoms with E-state index >= 15 is 0 Å². The van der Waals surface area contributed by atoms with Crippen LogP contribution in [0.1, 0.15) is 24.4 Å². The van der Waals surface area contributed by atoms with Gasteiger partial charge in [-0.2, -0.15) is 5.10 Å². The van der Waals surface area contributed by atoms with Crippen LogP contribution in [0.4, 0.5) is 0 Å². The minimum Gasteiger partial charge on any atom is -0.493 e. The van der Waals surface area contributed by atoms with Crippen LogP contribution in [0.3, 0.4) is 0 Å². The van der Waals surface area contributed by atoms with E-state index in [0.717, 1.165) is 61.7 Å². The number of piperidine rings is 1. The number of benzene rings is 3. The number of ether oxygens (including phenoxy) is 2. The predicted molar refractivity (Wildman–Crippen MR) is 133 cm³/mol. The number of fused-ring (bicyclic) bond motifs is 1. The molecule has 0 spiro atoms. The van der Waals surface area contributed by atoms with Crippen LogP contribution in [0.5, 0.6) is 11.5 Å². The van der Waals surface area contributed by atoms with Crippen LogP contribution in [0.15, 0.2) is 72.9 Å². The summed E-state index contributed by atoms with van der Waals surface area (Å²) in [5.41, 5.74) is 3.67. The number of aromatic nitrogens is 2. The Labute approximate surface area is 195 Å². The highest BCUT2D eigenvalue weighted by molar-refractivity contribution is 5.85. The van der Waals surface area contributed by atoms with Gasteiger partial charge in [0.2, 0.25) is 0 Å². The molecule has 5 nitrogen and oxygen atoms in total. The Bertz CT molecular complexity index is 1220. The van der Waals surface area contributed by atoms with E-state index in [-0.39, 0.29) is 0 Å². The first-order chi connectivity index (χ1) is 16.3. The van der Waals surface area contributed by atoms with Crippen molar-refractivity contribution in [2.24, 2.45) is 0 Å². The number of likely N-dealkylation sites (tertiary alicyclic amines) is 1. The first-order valence-electron chi connectivity index (χ1n) is 11.7. The second-order valence-corrected chi connectivity index (χ2v) is 8.69. The van der Waals surface area contributed by atoms with Crippen molar-refractivity contribution in [3.05, 3.63) is 78.5 Å². The maximum Gasteiger partial charge on any atom is 0.161 e. The summed E-state index contributed by atoms with van der Waals surface area (Å²) in [4.78, 5) is 2.60. The van der Waals surface area contributed by atoms with E-state index in [1.165, 1.54) is 16.3 Å². The smallest absolute Gasteiger partial charge is 0.161 e. The van der Waals surface area contributed by atoms with Crippen molar-refractivity contribution in [2.45, 2.75) is 25.3 Å². The van der Waals surface area contributed by atoms with Crippen LogP contribution in [0.2, 0.25) is 0 Å². The van der Waals surface area contributed by atoms with Crippen LogP contribution in [0, 0.1) is 0 Å². The Morgan fingerprint density at radius 3 is 2.48 bits per heavy atom. The van der Waals surface area contributed by atoms with Gasteiger partial charge in [0.1, 0.15) is 0 Å². The summed E-state index contributed by atoms with van der Waals surface area (Å²) in [7, 11) is 3.34. The van der Waals surface area contributed by atoms with E-state index in [1.807, 2.05) is 18.3 Å². The molecular formula is C28H31N3O2. The molecule has 0 amide bonds. The Hall–Kier alpha value is -3.31. The summed E-state index contributed by atoms with van der Waals surface area (Å²) < 4.78 is 13.1. The average molecular weight is 442 g/mol. The number of methoxy groups -OCH3 is 2. The zero-order valence-corrected chi connectivity index (χ0v) is 19.4. The van der Waals surface area contributed by atoms with E-state index in [9.17, 15) is 0 Å². The molecule has 0 atom stereocenters. The minimum absolute atomic E-state index is 0.414. The highest BCUT2D eigenvalue weighted by Gasteiger charge is 2.23. The third-order valence-corrected chi connectivity index (χ3v) is 6.83. The van der Waals surface area contributed by atoms with Gasteiger partial charge < -0.3 is 14.4 Å². The van der Waals surface area contributed by atoms with Crippen molar-refractivity contribution in [3.8, 4) is 22.8 Å². The molecule has 0 saturated carbocycles. The third-order valence-electron chi connectivity index (χ3n) is 6.83. The summed E-state index contributed by atoms with van der Waals surface area (Å²) >= 11 is 0. The van der Waals surface area contributed by atoms with Crippen molar-refractivity contribution >= 4 is 10.8 Å². The standard InChI is InChI=1S/C28H31N3O2/c1-32-27-11-10-23(20-28(27)33-2)26-12-16-29-31(26)24-14-18-30(19-15-24)17-13-22-8-5-7-21-6-3-4-9-25(21)22/h3-12,16,20,24H,13-15,17-19H2,1-2H3. The van der Waals surface area contributed by atoms with Crippen molar-refractivity contribution in [2.75, 3.05) is 33.9 Å². The number of hydrogen-bond donors (Lipinski definition) is 0. The summed E-state index contributed by atoms with van der Waals surface area (Å²) in [6.45, 7) is 3.30. The van der Waals surface area contributed by atoms with Crippen molar-refractivity contribution in [1.82, 2.24) is 14.7 Å². The van der Waals surface area contributed by atoms with Crippen LogP contribution < -0.4 is 9.47 Å². The normalized spacial score (nSPS) is 15.1. The molecule has 5 heteroatoms. The molecule has 2 heterocycles. The SMILES string of the molecule is COc1ccc(-c2ccnn2C2CCN(CCc3cccc4ccccc34)CC2)cc1OC. The molecule has 1 fully saturated rings. The highest BCUT2D eigenvalue weighted by atomic mass is 16.5.